The zero-order valence-electron chi connectivity index (χ0n) is 7.84. The molecule has 1 rings (SSSR count). The molecule has 0 amide bonds. The fourth-order valence-corrected chi connectivity index (χ4v) is 1.50. The molecule has 4 atom stereocenters. The molecule has 0 bridgehead atoms. The lowest BCUT2D eigenvalue weighted by molar-refractivity contribution is -0.210. The molecular weight excluding hydrogens is 176 g/mol. The van der Waals surface area contributed by atoms with Gasteiger partial charge in [0.15, 0.2) is 0 Å². The van der Waals surface area contributed by atoms with Crippen molar-refractivity contribution in [2.45, 2.75) is 24.4 Å². The van der Waals surface area contributed by atoms with Crippen molar-refractivity contribution in [2.75, 3.05) is 27.4 Å². The summed E-state index contributed by atoms with van der Waals surface area (Å²) in [5.41, 5.74) is 0. The second-order valence-corrected chi connectivity index (χ2v) is 3.02. The fourth-order valence-electron chi connectivity index (χ4n) is 1.50. The van der Waals surface area contributed by atoms with Gasteiger partial charge >= 0.3 is 0 Å². The summed E-state index contributed by atoms with van der Waals surface area (Å²) in [6.07, 6.45) is -2.12. The first-order valence-corrected chi connectivity index (χ1v) is 4.20. The van der Waals surface area contributed by atoms with Crippen LogP contribution in [0.15, 0.2) is 0 Å². The van der Waals surface area contributed by atoms with Gasteiger partial charge in [-0.3, -0.25) is 0 Å². The third kappa shape index (κ3) is 2.18. The monoisotopic (exact) mass is 192 g/mol. The summed E-state index contributed by atoms with van der Waals surface area (Å²) in [7, 11) is 3.03. The summed E-state index contributed by atoms with van der Waals surface area (Å²) in [5, 5.41) is 18.5. The molecule has 1 aliphatic rings. The van der Waals surface area contributed by atoms with E-state index in [1.807, 2.05) is 0 Å². The zero-order valence-corrected chi connectivity index (χ0v) is 7.84. The van der Waals surface area contributed by atoms with E-state index in [1.165, 1.54) is 14.2 Å². The molecule has 0 aromatic heterocycles. The van der Waals surface area contributed by atoms with Gasteiger partial charge in [0.2, 0.25) is 0 Å². The lowest BCUT2D eigenvalue weighted by atomic mass is 10.0. The SMILES string of the molecule is COC1COC(CO)[C@@H](O)C1OC. The predicted molar refractivity (Wildman–Crippen MR) is 44.4 cm³/mol. The third-order valence-corrected chi connectivity index (χ3v) is 2.31. The van der Waals surface area contributed by atoms with Crippen molar-refractivity contribution >= 4 is 0 Å². The van der Waals surface area contributed by atoms with Crippen molar-refractivity contribution in [2.24, 2.45) is 0 Å². The number of rotatable bonds is 3. The van der Waals surface area contributed by atoms with E-state index in [4.69, 9.17) is 19.3 Å². The topological polar surface area (TPSA) is 68.2 Å². The highest BCUT2D eigenvalue weighted by Gasteiger charge is 2.39. The van der Waals surface area contributed by atoms with Crippen molar-refractivity contribution in [3.63, 3.8) is 0 Å². The van der Waals surface area contributed by atoms with Gasteiger partial charge in [0, 0.05) is 14.2 Å². The molecule has 0 aromatic rings. The summed E-state index contributed by atoms with van der Waals surface area (Å²) in [6, 6.07) is 0. The number of aliphatic hydroxyl groups is 2. The zero-order chi connectivity index (χ0) is 9.84. The third-order valence-electron chi connectivity index (χ3n) is 2.31. The number of hydrogen-bond donors (Lipinski definition) is 2. The molecule has 1 heterocycles. The van der Waals surface area contributed by atoms with Gasteiger partial charge in [-0.2, -0.15) is 0 Å². The van der Waals surface area contributed by atoms with Crippen LogP contribution in [0.1, 0.15) is 0 Å². The Bertz CT molecular complexity index is 151. The summed E-state index contributed by atoms with van der Waals surface area (Å²) in [6.45, 7) is 0.120. The van der Waals surface area contributed by atoms with E-state index in [2.05, 4.69) is 0 Å². The van der Waals surface area contributed by atoms with Gasteiger partial charge in [0.05, 0.1) is 13.2 Å². The highest BCUT2D eigenvalue weighted by atomic mass is 16.6. The maximum absolute atomic E-state index is 9.64. The van der Waals surface area contributed by atoms with Crippen LogP contribution in [0.3, 0.4) is 0 Å². The Kier molecular flexibility index (Phi) is 4.08. The molecule has 0 aromatic carbocycles. The smallest absolute Gasteiger partial charge is 0.114 e. The van der Waals surface area contributed by atoms with Gasteiger partial charge in [-0.25, -0.2) is 0 Å². The van der Waals surface area contributed by atoms with Crippen LogP contribution in [0, 0.1) is 0 Å². The molecule has 1 fully saturated rings. The molecule has 0 spiro atoms. The van der Waals surface area contributed by atoms with Crippen molar-refractivity contribution in [3.8, 4) is 0 Å². The van der Waals surface area contributed by atoms with Crippen LogP contribution in [0.4, 0.5) is 0 Å². The van der Waals surface area contributed by atoms with Crippen LogP contribution in [0.25, 0.3) is 0 Å². The summed E-state index contributed by atoms with van der Waals surface area (Å²) >= 11 is 0. The predicted octanol–water partition coefficient (Wildman–Crippen LogP) is -1.23. The molecule has 1 aliphatic heterocycles. The Hall–Kier alpha value is -0.200. The largest absolute Gasteiger partial charge is 0.394 e. The second-order valence-electron chi connectivity index (χ2n) is 3.02. The maximum atomic E-state index is 9.64. The average molecular weight is 192 g/mol. The Morgan fingerprint density at radius 1 is 1.38 bits per heavy atom. The lowest BCUT2D eigenvalue weighted by Crippen LogP contribution is -2.55. The van der Waals surface area contributed by atoms with Crippen molar-refractivity contribution in [3.05, 3.63) is 0 Å². The van der Waals surface area contributed by atoms with Crippen LogP contribution < -0.4 is 0 Å². The maximum Gasteiger partial charge on any atom is 0.114 e. The molecule has 1 saturated heterocycles. The molecule has 0 saturated carbocycles. The van der Waals surface area contributed by atoms with Gasteiger partial charge < -0.3 is 24.4 Å². The molecular formula is C8H16O5. The number of methoxy groups -OCH3 is 2. The standard InChI is InChI=1S/C8H16O5/c1-11-6-4-13-5(3-9)7(10)8(6)12-2/h5-10H,3-4H2,1-2H3/t5?,6?,7-,8?/m1/s1. The molecule has 5 nitrogen and oxygen atoms in total. The summed E-state index contributed by atoms with van der Waals surface area (Å²) in [4.78, 5) is 0. The Labute approximate surface area is 77.2 Å². The number of aliphatic hydroxyl groups excluding tert-OH is 2. The molecule has 0 radical (unpaired) electrons. The molecule has 3 unspecified atom stereocenters. The van der Waals surface area contributed by atoms with E-state index < -0.39 is 18.3 Å². The van der Waals surface area contributed by atoms with Gasteiger partial charge in [-0.15, -0.1) is 0 Å². The minimum absolute atomic E-state index is 0.211. The van der Waals surface area contributed by atoms with Gasteiger partial charge in [-0.1, -0.05) is 0 Å². The highest BCUT2D eigenvalue weighted by molar-refractivity contribution is 4.88. The van der Waals surface area contributed by atoms with E-state index >= 15 is 0 Å². The van der Waals surface area contributed by atoms with E-state index in [1.54, 1.807) is 0 Å². The Morgan fingerprint density at radius 3 is 2.54 bits per heavy atom. The summed E-state index contributed by atoms with van der Waals surface area (Å²) < 4.78 is 15.3. The molecule has 0 aliphatic carbocycles. The molecule has 2 N–H and O–H groups in total. The van der Waals surface area contributed by atoms with Crippen molar-refractivity contribution in [1.82, 2.24) is 0 Å². The summed E-state index contributed by atoms with van der Waals surface area (Å²) in [5.74, 6) is 0. The van der Waals surface area contributed by atoms with Gasteiger partial charge in [0.1, 0.15) is 24.4 Å². The molecule has 78 valence electrons. The van der Waals surface area contributed by atoms with Crippen LogP contribution in [-0.4, -0.2) is 62.1 Å². The van der Waals surface area contributed by atoms with Crippen LogP contribution >= 0.6 is 0 Å². The highest BCUT2D eigenvalue weighted by Crippen LogP contribution is 2.19. The van der Waals surface area contributed by atoms with Crippen molar-refractivity contribution < 1.29 is 24.4 Å². The van der Waals surface area contributed by atoms with E-state index in [-0.39, 0.29) is 12.7 Å². The van der Waals surface area contributed by atoms with Gasteiger partial charge in [0.25, 0.3) is 0 Å². The van der Waals surface area contributed by atoms with E-state index in [0.29, 0.717) is 6.61 Å². The Balaban J connectivity index is 2.59. The first-order chi connectivity index (χ1) is 6.24. The number of hydrogen-bond acceptors (Lipinski definition) is 5. The normalized spacial score (nSPS) is 40.6. The average Bonchev–Trinajstić information content (AvgIpc) is 2.17. The first kappa shape index (κ1) is 10.9. The Morgan fingerprint density at radius 2 is 2.08 bits per heavy atom. The van der Waals surface area contributed by atoms with Crippen molar-refractivity contribution in [1.29, 1.82) is 0 Å². The van der Waals surface area contributed by atoms with Crippen LogP contribution in [0.5, 0.6) is 0 Å². The lowest BCUT2D eigenvalue weighted by Gasteiger charge is -2.37. The molecule has 5 heteroatoms. The van der Waals surface area contributed by atoms with Gasteiger partial charge in [-0.05, 0) is 0 Å². The molecule has 13 heavy (non-hydrogen) atoms. The van der Waals surface area contributed by atoms with Crippen LogP contribution in [0.2, 0.25) is 0 Å². The number of ether oxygens (including phenoxy) is 3. The van der Waals surface area contributed by atoms with Crippen LogP contribution in [-0.2, 0) is 14.2 Å². The minimum Gasteiger partial charge on any atom is -0.394 e. The minimum atomic E-state index is -0.839. The fraction of sp³-hybridized carbons (Fsp3) is 1.00. The van der Waals surface area contributed by atoms with E-state index in [0.717, 1.165) is 0 Å². The second kappa shape index (κ2) is 4.88. The van der Waals surface area contributed by atoms with E-state index in [9.17, 15) is 5.11 Å². The first-order valence-electron chi connectivity index (χ1n) is 4.20. The quantitative estimate of drug-likeness (QED) is 0.586.